The number of hydrogen-bond acceptors (Lipinski definition) is 4. The van der Waals surface area contributed by atoms with Crippen LogP contribution in [-0.2, 0) is 4.79 Å². The van der Waals surface area contributed by atoms with Crippen molar-refractivity contribution in [1.82, 2.24) is 0 Å². The van der Waals surface area contributed by atoms with Crippen molar-refractivity contribution in [3.63, 3.8) is 0 Å². The molecular formula is C14H20N2O3. The van der Waals surface area contributed by atoms with Crippen molar-refractivity contribution in [2.45, 2.75) is 12.8 Å². The molecule has 104 valence electrons. The molecule has 0 spiro atoms. The molecule has 1 aliphatic rings. The third kappa shape index (κ3) is 2.92. The predicted molar refractivity (Wildman–Crippen MR) is 75.3 cm³/mol. The minimum absolute atomic E-state index is 0.140. The highest BCUT2D eigenvalue weighted by Crippen LogP contribution is 2.39. The van der Waals surface area contributed by atoms with E-state index in [9.17, 15) is 4.79 Å². The zero-order valence-electron chi connectivity index (χ0n) is 11.4. The molecule has 19 heavy (non-hydrogen) atoms. The standard InChI is InChI=1S/C14H20N2O3/c1-15-8-4-9-16(10-7-13(17)18)14-11(15)5-3-6-12(14)19-2/h3,5-6H,4,7-10H2,1-2H3,(H,17,18). The molecule has 5 heteroatoms. The first kappa shape index (κ1) is 13.5. The zero-order chi connectivity index (χ0) is 13.8. The molecule has 0 atom stereocenters. The zero-order valence-corrected chi connectivity index (χ0v) is 11.4. The second-order valence-corrected chi connectivity index (χ2v) is 4.73. The lowest BCUT2D eigenvalue weighted by Gasteiger charge is -2.27. The Bertz CT molecular complexity index is 462. The second kappa shape index (κ2) is 5.82. The van der Waals surface area contributed by atoms with Crippen molar-refractivity contribution in [3.8, 4) is 5.75 Å². The maximum atomic E-state index is 10.8. The molecule has 0 amide bonds. The van der Waals surface area contributed by atoms with Crippen LogP contribution in [-0.4, -0.2) is 44.9 Å². The van der Waals surface area contributed by atoms with Crippen LogP contribution < -0.4 is 14.5 Å². The molecule has 0 saturated heterocycles. The highest BCUT2D eigenvalue weighted by atomic mass is 16.5. The number of para-hydroxylation sites is 1. The first-order chi connectivity index (χ1) is 9.13. The SMILES string of the molecule is COc1cccc2c1N(CCC(=O)O)CCCN2C. The van der Waals surface area contributed by atoms with E-state index in [-0.39, 0.29) is 6.42 Å². The lowest BCUT2D eigenvalue weighted by atomic mass is 10.2. The number of carboxylic acid groups (broad SMARTS) is 1. The average molecular weight is 264 g/mol. The van der Waals surface area contributed by atoms with E-state index in [1.54, 1.807) is 7.11 Å². The fourth-order valence-corrected chi connectivity index (χ4v) is 2.49. The Morgan fingerprint density at radius 3 is 2.89 bits per heavy atom. The molecule has 0 aromatic heterocycles. The number of benzene rings is 1. The maximum Gasteiger partial charge on any atom is 0.305 e. The van der Waals surface area contributed by atoms with Crippen LogP contribution in [0, 0.1) is 0 Å². The van der Waals surface area contributed by atoms with Gasteiger partial charge in [0.05, 0.1) is 19.2 Å². The Labute approximate surface area is 113 Å². The number of aliphatic carboxylic acids is 1. The van der Waals surface area contributed by atoms with Crippen LogP contribution in [0.1, 0.15) is 12.8 Å². The van der Waals surface area contributed by atoms with E-state index in [0.29, 0.717) is 6.54 Å². The molecule has 1 aliphatic heterocycles. The smallest absolute Gasteiger partial charge is 0.305 e. The van der Waals surface area contributed by atoms with E-state index >= 15 is 0 Å². The van der Waals surface area contributed by atoms with Gasteiger partial charge < -0.3 is 19.6 Å². The molecule has 1 N–H and O–H groups in total. The summed E-state index contributed by atoms with van der Waals surface area (Å²) in [5, 5.41) is 8.87. The normalized spacial score (nSPS) is 14.8. The van der Waals surface area contributed by atoms with Crippen LogP contribution in [0.4, 0.5) is 11.4 Å². The monoisotopic (exact) mass is 264 g/mol. The van der Waals surface area contributed by atoms with Crippen molar-refractivity contribution in [2.24, 2.45) is 0 Å². The topological polar surface area (TPSA) is 53.0 Å². The number of fused-ring (bicyclic) bond motifs is 1. The third-order valence-corrected chi connectivity index (χ3v) is 3.44. The molecule has 2 rings (SSSR count). The Morgan fingerprint density at radius 2 is 2.21 bits per heavy atom. The molecule has 1 aromatic rings. The average Bonchev–Trinajstić information content (AvgIpc) is 2.56. The van der Waals surface area contributed by atoms with E-state index in [4.69, 9.17) is 9.84 Å². The van der Waals surface area contributed by atoms with Crippen LogP contribution in [0.2, 0.25) is 0 Å². The lowest BCUT2D eigenvalue weighted by Crippen LogP contribution is -2.27. The number of carboxylic acids is 1. The van der Waals surface area contributed by atoms with Gasteiger partial charge in [-0.05, 0) is 18.6 Å². The van der Waals surface area contributed by atoms with E-state index in [1.807, 2.05) is 12.1 Å². The maximum absolute atomic E-state index is 10.8. The van der Waals surface area contributed by atoms with Gasteiger partial charge in [0, 0.05) is 26.7 Å². The highest BCUT2D eigenvalue weighted by Gasteiger charge is 2.22. The largest absolute Gasteiger partial charge is 0.495 e. The molecule has 0 aliphatic carbocycles. The fourth-order valence-electron chi connectivity index (χ4n) is 2.49. The molecule has 0 saturated carbocycles. The van der Waals surface area contributed by atoms with Gasteiger partial charge in [0.25, 0.3) is 0 Å². The van der Waals surface area contributed by atoms with Gasteiger partial charge in [0.2, 0.25) is 0 Å². The number of nitrogens with zero attached hydrogens (tertiary/aromatic N) is 2. The summed E-state index contributed by atoms with van der Waals surface area (Å²) in [6.07, 6.45) is 1.15. The van der Waals surface area contributed by atoms with Crippen molar-refractivity contribution >= 4 is 17.3 Å². The number of ether oxygens (including phenoxy) is 1. The van der Waals surface area contributed by atoms with Gasteiger partial charge in [-0.1, -0.05) is 6.07 Å². The van der Waals surface area contributed by atoms with Gasteiger partial charge in [-0.2, -0.15) is 0 Å². The van der Waals surface area contributed by atoms with Crippen molar-refractivity contribution in [3.05, 3.63) is 18.2 Å². The number of anilines is 2. The van der Waals surface area contributed by atoms with Crippen LogP contribution >= 0.6 is 0 Å². The van der Waals surface area contributed by atoms with Gasteiger partial charge >= 0.3 is 5.97 Å². The highest BCUT2D eigenvalue weighted by molar-refractivity contribution is 5.79. The van der Waals surface area contributed by atoms with E-state index < -0.39 is 5.97 Å². The summed E-state index contributed by atoms with van der Waals surface area (Å²) in [5.74, 6) is 0.0330. The van der Waals surface area contributed by atoms with Gasteiger partial charge in [-0.15, -0.1) is 0 Å². The summed E-state index contributed by atoms with van der Waals surface area (Å²) >= 11 is 0. The Hall–Kier alpha value is -1.91. The van der Waals surface area contributed by atoms with Gasteiger partial charge in [0.15, 0.2) is 0 Å². The number of hydrogen-bond donors (Lipinski definition) is 1. The first-order valence-corrected chi connectivity index (χ1v) is 6.48. The Kier molecular flexibility index (Phi) is 4.14. The molecule has 0 fully saturated rings. The van der Waals surface area contributed by atoms with E-state index in [1.165, 1.54) is 0 Å². The quantitative estimate of drug-likeness (QED) is 0.899. The summed E-state index contributed by atoms with van der Waals surface area (Å²) in [5.41, 5.74) is 2.11. The molecule has 1 heterocycles. The summed E-state index contributed by atoms with van der Waals surface area (Å²) < 4.78 is 5.44. The molecule has 0 radical (unpaired) electrons. The van der Waals surface area contributed by atoms with E-state index in [0.717, 1.165) is 36.6 Å². The molecule has 0 unspecified atom stereocenters. The van der Waals surface area contributed by atoms with Crippen LogP contribution in [0.3, 0.4) is 0 Å². The second-order valence-electron chi connectivity index (χ2n) is 4.73. The molecule has 5 nitrogen and oxygen atoms in total. The van der Waals surface area contributed by atoms with Crippen molar-refractivity contribution < 1.29 is 14.6 Å². The Balaban J connectivity index is 2.36. The molecule has 0 bridgehead atoms. The summed E-state index contributed by atoms with van der Waals surface area (Å²) in [4.78, 5) is 15.1. The minimum Gasteiger partial charge on any atom is -0.495 e. The van der Waals surface area contributed by atoms with Gasteiger partial charge in [-0.3, -0.25) is 4.79 Å². The fraction of sp³-hybridized carbons (Fsp3) is 0.500. The summed E-state index contributed by atoms with van der Waals surface area (Å²) in [7, 11) is 3.70. The minimum atomic E-state index is -0.769. The first-order valence-electron chi connectivity index (χ1n) is 6.48. The molecular weight excluding hydrogens is 244 g/mol. The van der Waals surface area contributed by atoms with E-state index in [2.05, 4.69) is 22.9 Å². The Morgan fingerprint density at radius 1 is 1.42 bits per heavy atom. The predicted octanol–water partition coefficient (Wildman–Crippen LogP) is 1.82. The number of rotatable bonds is 4. The van der Waals surface area contributed by atoms with Gasteiger partial charge in [-0.25, -0.2) is 0 Å². The third-order valence-electron chi connectivity index (χ3n) is 3.44. The van der Waals surface area contributed by atoms with Gasteiger partial charge in [0.1, 0.15) is 11.4 Å². The summed E-state index contributed by atoms with van der Waals surface area (Å²) in [6, 6.07) is 5.94. The van der Waals surface area contributed by atoms with Crippen LogP contribution in [0.25, 0.3) is 0 Å². The van der Waals surface area contributed by atoms with Crippen LogP contribution in [0.5, 0.6) is 5.75 Å². The van der Waals surface area contributed by atoms with Crippen molar-refractivity contribution in [2.75, 3.05) is 43.6 Å². The summed E-state index contributed by atoms with van der Waals surface area (Å²) in [6.45, 7) is 2.32. The number of carbonyl (C=O) groups is 1. The lowest BCUT2D eigenvalue weighted by molar-refractivity contribution is -0.136. The molecule has 1 aromatic carbocycles. The van der Waals surface area contributed by atoms with Crippen LogP contribution in [0.15, 0.2) is 18.2 Å². The number of methoxy groups -OCH3 is 1. The van der Waals surface area contributed by atoms with Crippen molar-refractivity contribution in [1.29, 1.82) is 0 Å².